The molecule has 10 aromatic rings. The van der Waals surface area contributed by atoms with E-state index in [-0.39, 0.29) is 0 Å². The molecule has 56 heavy (non-hydrogen) atoms. The van der Waals surface area contributed by atoms with Gasteiger partial charge < -0.3 is 0 Å². The maximum atomic E-state index is 9.52. The van der Waals surface area contributed by atoms with Gasteiger partial charge in [-0.2, -0.15) is 5.26 Å². The van der Waals surface area contributed by atoms with E-state index in [0.717, 1.165) is 50.3 Å². The number of rotatable bonds is 5. The number of fused-ring (bicyclic) bond motifs is 5. The van der Waals surface area contributed by atoms with Gasteiger partial charge in [-0.05, 0) is 124 Å². The molecular formula is C54H32N2. The largest absolute Gasteiger partial charge is 0.248 e. The van der Waals surface area contributed by atoms with Crippen LogP contribution in [0.1, 0.15) is 5.56 Å². The Morgan fingerprint density at radius 3 is 1.32 bits per heavy atom. The van der Waals surface area contributed by atoms with Gasteiger partial charge in [0.05, 0.1) is 23.0 Å². The predicted octanol–water partition coefficient (Wildman–Crippen LogP) is 14.4. The summed E-state index contributed by atoms with van der Waals surface area (Å²) >= 11 is 0. The fourth-order valence-corrected chi connectivity index (χ4v) is 8.63. The van der Waals surface area contributed by atoms with Crippen molar-refractivity contribution in [3.8, 4) is 84.2 Å². The zero-order valence-electron chi connectivity index (χ0n) is 30.4. The summed E-state index contributed by atoms with van der Waals surface area (Å²) in [5, 5.41) is 16.9. The van der Waals surface area contributed by atoms with Crippen LogP contribution in [-0.4, -0.2) is 4.98 Å². The third kappa shape index (κ3) is 5.22. The number of benzene rings is 9. The molecule has 1 heterocycles. The molecule has 1 aromatic heterocycles. The van der Waals surface area contributed by atoms with E-state index >= 15 is 0 Å². The topological polar surface area (TPSA) is 36.7 Å². The van der Waals surface area contributed by atoms with Gasteiger partial charge in [0.1, 0.15) is 0 Å². The van der Waals surface area contributed by atoms with E-state index < -0.39 is 0 Å². The maximum absolute atomic E-state index is 9.52. The van der Waals surface area contributed by atoms with Gasteiger partial charge in [-0.15, -0.1) is 0 Å². The second-order valence-electron chi connectivity index (χ2n) is 14.6. The van der Waals surface area contributed by atoms with E-state index in [4.69, 9.17) is 4.98 Å². The average molecular weight is 709 g/mol. The van der Waals surface area contributed by atoms with Crippen molar-refractivity contribution in [2.24, 2.45) is 0 Å². The third-order valence-electron chi connectivity index (χ3n) is 11.4. The minimum Gasteiger partial charge on any atom is -0.248 e. The summed E-state index contributed by atoms with van der Waals surface area (Å²) in [5.74, 6) is 0. The quantitative estimate of drug-likeness (QED) is 0.178. The monoisotopic (exact) mass is 708 g/mol. The molecule has 9 aromatic carbocycles. The molecule has 11 rings (SSSR count). The normalized spacial score (nSPS) is 11.6. The summed E-state index contributed by atoms with van der Waals surface area (Å²) in [4.78, 5) is 5.32. The van der Waals surface area contributed by atoms with E-state index in [9.17, 15) is 5.26 Å². The first-order valence-corrected chi connectivity index (χ1v) is 19.0. The molecule has 2 nitrogen and oxygen atoms in total. The highest BCUT2D eigenvalue weighted by Crippen LogP contribution is 2.52. The summed E-state index contributed by atoms with van der Waals surface area (Å²) in [7, 11) is 0. The lowest BCUT2D eigenvalue weighted by Crippen LogP contribution is -1.92. The highest BCUT2D eigenvalue weighted by Gasteiger charge is 2.25. The minimum absolute atomic E-state index is 0.657. The molecule has 1 aliphatic carbocycles. The number of hydrogen-bond donors (Lipinski definition) is 0. The minimum atomic E-state index is 0.657. The van der Waals surface area contributed by atoms with Gasteiger partial charge in [0.25, 0.3) is 0 Å². The van der Waals surface area contributed by atoms with Crippen molar-refractivity contribution < 1.29 is 0 Å². The molecule has 0 N–H and O–H groups in total. The maximum Gasteiger partial charge on any atom is 0.0991 e. The van der Waals surface area contributed by atoms with Gasteiger partial charge in [-0.3, -0.25) is 0 Å². The van der Waals surface area contributed by atoms with Gasteiger partial charge in [0.15, 0.2) is 0 Å². The van der Waals surface area contributed by atoms with Crippen molar-refractivity contribution in [3.63, 3.8) is 0 Å². The lowest BCUT2D eigenvalue weighted by molar-refractivity contribution is 1.32. The average Bonchev–Trinajstić information content (AvgIpc) is 3.60. The van der Waals surface area contributed by atoms with Crippen LogP contribution in [0.25, 0.3) is 110 Å². The zero-order valence-corrected chi connectivity index (χ0v) is 30.4. The Hall–Kier alpha value is -7.60. The first-order valence-electron chi connectivity index (χ1n) is 19.0. The van der Waals surface area contributed by atoms with Crippen LogP contribution < -0.4 is 0 Å². The van der Waals surface area contributed by atoms with E-state index in [1.165, 1.54) is 60.1 Å². The van der Waals surface area contributed by atoms with Crippen LogP contribution in [0.2, 0.25) is 0 Å². The number of hydrogen-bond acceptors (Lipinski definition) is 2. The Labute approximate surface area is 325 Å². The molecule has 0 amide bonds. The fraction of sp³-hybridized carbons (Fsp3) is 0. The van der Waals surface area contributed by atoms with Gasteiger partial charge in [0, 0.05) is 11.1 Å². The lowest BCUT2D eigenvalue weighted by Gasteiger charge is -2.16. The zero-order chi connectivity index (χ0) is 37.2. The van der Waals surface area contributed by atoms with Gasteiger partial charge in [0.2, 0.25) is 0 Å². The first kappa shape index (κ1) is 31.9. The van der Waals surface area contributed by atoms with Gasteiger partial charge in [-0.25, -0.2) is 4.98 Å². The molecule has 2 heteroatoms. The SMILES string of the molecule is N#Cc1ccc(-c2ccc3c4c(ccc(-c5ccc(-c6cc(-c7ccc8ccccc8c7)cc(-c7ccc8ccccc8c7)n6)cc5)c24)-c2ccccc2-3)cc1. The molecule has 0 unspecified atom stereocenters. The Kier molecular flexibility index (Phi) is 7.27. The van der Waals surface area contributed by atoms with Crippen molar-refractivity contribution in [1.29, 1.82) is 5.26 Å². The molecule has 0 fully saturated rings. The van der Waals surface area contributed by atoms with Crippen molar-refractivity contribution in [2.75, 3.05) is 0 Å². The van der Waals surface area contributed by atoms with Crippen molar-refractivity contribution >= 4 is 32.3 Å². The van der Waals surface area contributed by atoms with Crippen molar-refractivity contribution in [1.82, 2.24) is 4.98 Å². The van der Waals surface area contributed by atoms with Crippen LogP contribution in [0.4, 0.5) is 0 Å². The van der Waals surface area contributed by atoms with Crippen LogP contribution in [0, 0.1) is 11.3 Å². The van der Waals surface area contributed by atoms with Crippen LogP contribution in [0.3, 0.4) is 0 Å². The highest BCUT2D eigenvalue weighted by atomic mass is 14.7. The summed E-state index contributed by atoms with van der Waals surface area (Å²) in [5.41, 5.74) is 16.6. The van der Waals surface area contributed by atoms with Crippen LogP contribution in [0.5, 0.6) is 0 Å². The van der Waals surface area contributed by atoms with E-state index in [0.29, 0.717) is 5.56 Å². The van der Waals surface area contributed by atoms with Crippen molar-refractivity contribution in [2.45, 2.75) is 0 Å². The van der Waals surface area contributed by atoms with Crippen LogP contribution >= 0.6 is 0 Å². The predicted molar refractivity (Wildman–Crippen MR) is 233 cm³/mol. The molecule has 0 saturated carbocycles. The molecule has 258 valence electrons. The Morgan fingerprint density at radius 2 is 0.732 bits per heavy atom. The molecule has 0 radical (unpaired) electrons. The lowest BCUT2D eigenvalue weighted by atomic mass is 9.88. The number of pyridine rings is 1. The smallest absolute Gasteiger partial charge is 0.0991 e. The second-order valence-corrected chi connectivity index (χ2v) is 14.6. The first-order chi connectivity index (χ1) is 27.7. The van der Waals surface area contributed by atoms with Crippen molar-refractivity contribution in [3.05, 3.63) is 200 Å². The summed E-state index contributed by atoms with van der Waals surface area (Å²) in [6, 6.07) is 71.7. The number of nitrogens with zero attached hydrogens (tertiary/aromatic N) is 2. The van der Waals surface area contributed by atoms with Gasteiger partial charge in [-0.1, -0.05) is 158 Å². The standard InChI is InChI=1S/C54H32N2/c55-33-34-13-15-37(16-14-34)45-25-27-49-47-11-5-6-12-48(47)50-28-26-46(53(45)54(49)50)38-19-21-39(22-20-38)51-31-44(42-23-17-35-7-1-3-9-40(35)29-42)32-52(56-51)43-24-18-36-8-2-4-10-41(36)30-43/h1-32H. The number of aromatic nitrogens is 1. The van der Waals surface area contributed by atoms with Crippen LogP contribution in [0.15, 0.2) is 194 Å². The molecule has 0 bridgehead atoms. The third-order valence-corrected chi connectivity index (χ3v) is 11.4. The molecule has 0 atom stereocenters. The Bertz CT molecular complexity index is 3110. The van der Waals surface area contributed by atoms with E-state index in [1.54, 1.807) is 0 Å². The van der Waals surface area contributed by atoms with Crippen LogP contribution in [-0.2, 0) is 0 Å². The second kappa shape index (κ2) is 12.8. The summed E-state index contributed by atoms with van der Waals surface area (Å²) in [6.07, 6.45) is 0. The molecule has 0 saturated heterocycles. The summed E-state index contributed by atoms with van der Waals surface area (Å²) < 4.78 is 0. The number of nitriles is 1. The molecule has 0 aliphatic heterocycles. The molecular weight excluding hydrogens is 677 g/mol. The Balaban J connectivity index is 1.07. The summed E-state index contributed by atoms with van der Waals surface area (Å²) in [6.45, 7) is 0. The fourth-order valence-electron chi connectivity index (χ4n) is 8.63. The molecule has 1 aliphatic rings. The Morgan fingerprint density at radius 1 is 0.304 bits per heavy atom. The van der Waals surface area contributed by atoms with Gasteiger partial charge >= 0.3 is 0 Å². The highest BCUT2D eigenvalue weighted by molar-refractivity contribution is 6.22. The molecule has 0 spiro atoms. The van der Waals surface area contributed by atoms with E-state index in [1.807, 2.05) is 12.1 Å². The van der Waals surface area contributed by atoms with E-state index in [2.05, 4.69) is 188 Å².